The van der Waals surface area contributed by atoms with Gasteiger partial charge in [0.05, 0.1) is 0 Å². The van der Waals surface area contributed by atoms with Gasteiger partial charge < -0.3 is 28.4 Å². The van der Waals surface area contributed by atoms with Gasteiger partial charge in [-0.3, -0.25) is 0 Å². The summed E-state index contributed by atoms with van der Waals surface area (Å²) in [6.07, 6.45) is 0. The minimum atomic E-state index is -0.985. The van der Waals surface area contributed by atoms with Crippen LogP contribution in [0.25, 0.3) is 0 Å². The van der Waals surface area contributed by atoms with Gasteiger partial charge in [-0.05, 0) is 245 Å². The lowest BCUT2D eigenvalue weighted by Crippen LogP contribution is -2.20. The summed E-state index contributed by atoms with van der Waals surface area (Å²) < 4.78 is 38.2. The molecule has 0 unspecified atom stereocenters. The van der Waals surface area contributed by atoms with E-state index in [1.165, 1.54) is 72.8 Å². The van der Waals surface area contributed by atoms with Gasteiger partial charge in [0.15, 0.2) is 0 Å². The summed E-state index contributed by atoms with van der Waals surface area (Å²) in [5.41, 5.74) is -1.06. The van der Waals surface area contributed by atoms with E-state index in [1.807, 2.05) is 136 Å². The largest absolute Gasteiger partial charge is 0.422 e. The number of halogens is 6. The van der Waals surface area contributed by atoms with Gasteiger partial charge in [0.2, 0.25) is 0 Å². The van der Waals surface area contributed by atoms with Gasteiger partial charge in [0.1, 0.15) is 67.9 Å². The molecule has 0 aromatic heterocycles. The zero-order valence-electron chi connectivity index (χ0n) is 29.6. The van der Waals surface area contributed by atoms with E-state index in [9.17, 15) is 28.8 Å². The molecule has 60 heavy (non-hydrogen) atoms. The van der Waals surface area contributed by atoms with E-state index in [2.05, 4.69) is 0 Å². The second-order valence-electron chi connectivity index (χ2n) is 12.2. The quantitative estimate of drug-likeness (QED) is 0.0806. The molecule has 0 saturated carbocycles. The highest BCUT2D eigenvalue weighted by Crippen LogP contribution is 2.34. The molecule has 18 heteroatoms. The van der Waals surface area contributed by atoms with Crippen molar-refractivity contribution in [2.75, 3.05) is 0 Å². The molecule has 12 nitrogen and oxygen atoms in total. The summed E-state index contributed by atoms with van der Waals surface area (Å²) in [5.74, 6) is -7.07. The third kappa shape index (κ3) is 10.4. The van der Waals surface area contributed by atoms with Crippen LogP contribution in [0.15, 0.2) is 109 Å². The molecule has 1 aliphatic rings. The molecule has 0 fully saturated rings. The van der Waals surface area contributed by atoms with Gasteiger partial charge in [-0.1, -0.05) is 0 Å². The lowest BCUT2D eigenvalue weighted by Gasteiger charge is -2.16. The monoisotopic (exact) mass is 1480 g/mol. The molecule has 0 spiro atoms. The Balaban J connectivity index is 1.37. The van der Waals surface area contributed by atoms with Gasteiger partial charge in [-0.25, -0.2) is 28.8 Å². The fourth-order valence-corrected chi connectivity index (χ4v) is 8.20. The molecular weight excluding hydrogens is 1460 g/mol. The van der Waals surface area contributed by atoms with Crippen molar-refractivity contribution in [3.63, 3.8) is 0 Å². The average Bonchev–Trinajstić information content (AvgIpc) is 3.17. The van der Waals surface area contributed by atoms with Gasteiger partial charge in [0.25, 0.3) is 0 Å². The Kier molecular flexibility index (Phi) is 14.3. The number of carbonyl (C=O) groups is 6. The van der Waals surface area contributed by atoms with E-state index in [0.717, 1.165) is 0 Å². The summed E-state index contributed by atoms with van der Waals surface area (Å²) in [7, 11) is 0. The number of hydrogen-bond donors (Lipinski definition) is 0. The maximum atomic E-state index is 13.9. The van der Waals surface area contributed by atoms with E-state index in [-0.39, 0.29) is 67.9 Å². The Labute approximate surface area is 421 Å². The summed E-state index contributed by atoms with van der Waals surface area (Å²) in [4.78, 5) is 83.3. The first-order valence-electron chi connectivity index (χ1n) is 16.7. The summed E-state index contributed by atoms with van der Waals surface area (Å²) in [5, 5.41) is 0. The van der Waals surface area contributed by atoms with E-state index >= 15 is 0 Å². The van der Waals surface area contributed by atoms with Gasteiger partial charge in [-0.2, -0.15) is 0 Å². The maximum Gasteiger partial charge on any atom is 0.347 e. The van der Waals surface area contributed by atoms with E-state index < -0.39 is 35.8 Å². The van der Waals surface area contributed by atoms with Crippen LogP contribution in [0.2, 0.25) is 0 Å². The van der Waals surface area contributed by atoms with Gasteiger partial charge in [-0.15, -0.1) is 0 Å². The number of ether oxygens (including phenoxy) is 6. The average molecular weight is 1480 g/mol. The standard InChI is InChI=1S/C42H18I6O12/c43-19-1-7-25-31(13-19)55-38(50)27-9-3-21(45)15-33(27)57-40(52)29-11-5-23(47)17-35(29)59-42(54)30-12-6-24(48)18-36(30)60-41(53)28-10-4-22(46)16-34(28)58-39(51)26-8-2-20(44)14-32(26)56-37(25)49/h1-18H. The van der Waals surface area contributed by atoms with Crippen molar-refractivity contribution in [1.82, 2.24) is 0 Å². The van der Waals surface area contributed by atoms with Crippen LogP contribution < -0.4 is 28.4 Å². The first-order valence-corrected chi connectivity index (χ1v) is 23.2. The van der Waals surface area contributed by atoms with Crippen molar-refractivity contribution in [2.45, 2.75) is 0 Å². The smallest absolute Gasteiger partial charge is 0.347 e. The molecule has 0 bridgehead atoms. The van der Waals surface area contributed by atoms with Crippen molar-refractivity contribution >= 4 is 171 Å². The molecule has 0 amide bonds. The Morgan fingerprint density at radius 3 is 0.500 bits per heavy atom. The Morgan fingerprint density at radius 2 is 0.367 bits per heavy atom. The zero-order valence-corrected chi connectivity index (χ0v) is 42.5. The molecule has 0 N–H and O–H groups in total. The Morgan fingerprint density at radius 1 is 0.233 bits per heavy atom. The third-order valence-electron chi connectivity index (χ3n) is 8.20. The molecule has 0 radical (unpaired) electrons. The normalized spacial score (nSPS) is 13.5. The number of rotatable bonds is 0. The molecule has 300 valence electrons. The second-order valence-corrected chi connectivity index (χ2v) is 19.7. The topological polar surface area (TPSA) is 158 Å². The van der Waals surface area contributed by atoms with Crippen LogP contribution >= 0.6 is 136 Å². The first kappa shape index (κ1) is 44.6. The fourth-order valence-electron chi connectivity index (χ4n) is 5.42. The van der Waals surface area contributed by atoms with Crippen LogP contribution in [0.1, 0.15) is 62.1 Å². The molecule has 6 aromatic rings. The SMILES string of the molecule is O=C1Oc2cc(I)ccc2C(=O)Oc2cc(I)ccc2C(=O)Oc2cc(I)ccc2C(=O)Oc2cc(I)ccc2C(=O)Oc2cc(I)ccc2C(=O)Oc2cc(I)ccc21. The minimum Gasteiger partial charge on any atom is -0.422 e. The van der Waals surface area contributed by atoms with Gasteiger partial charge in [0, 0.05) is 21.4 Å². The number of esters is 6. The Hall–Kier alpha value is -3.48. The molecule has 0 aliphatic carbocycles. The van der Waals surface area contributed by atoms with Crippen LogP contribution in [0, 0.1) is 21.4 Å². The summed E-state index contributed by atoms with van der Waals surface area (Å²) in [6, 6.07) is 26.5. The van der Waals surface area contributed by atoms with E-state index in [0.29, 0.717) is 21.4 Å². The van der Waals surface area contributed by atoms with Crippen LogP contribution in [-0.4, -0.2) is 35.8 Å². The second kappa shape index (κ2) is 19.3. The number of hydrogen-bond acceptors (Lipinski definition) is 12. The summed E-state index contributed by atoms with van der Waals surface area (Å²) >= 11 is 11.9. The Bertz CT molecular complexity index is 2330. The zero-order chi connectivity index (χ0) is 42.8. The van der Waals surface area contributed by atoms with E-state index in [4.69, 9.17) is 28.4 Å². The van der Waals surface area contributed by atoms with Crippen molar-refractivity contribution in [1.29, 1.82) is 0 Å². The number of carbonyl (C=O) groups excluding carboxylic acids is 6. The molecule has 1 aliphatic heterocycles. The van der Waals surface area contributed by atoms with Crippen molar-refractivity contribution in [2.24, 2.45) is 0 Å². The number of benzene rings is 6. The lowest BCUT2D eigenvalue weighted by atomic mass is 10.1. The van der Waals surface area contributed by atoms with Crippen LogP contribution in [-0.2, 0) is 0 Å². The minimum absolute atomic E-state index is 0.177. The predicted octanol–water partition coefficient (Wildman–Crippen LogP) is 10.9. The number of fused-ring (bicyclic) bond motifs is 6. The van der Waals surface area contributed by atoms with E-state index in [1.54, 1.807) is 36.4 Å². The highest BCUT2D eigenvalue weighted by molar-refractivity contribution is 14.1. The van der Waals surface area contributed by atoms with Crippen LogP contribution in [0.3, 0.4) is 0 Å². The molecule has 0 atom stereocenters. The lowest BCUT2D eigenvalue weighted by molar-refractivity contribution is 0.0687. The van der Waals surface area contributed by atoms with Crippen molar-refractivity contribution in [3.8, 4) is 34.5 Å². The first-order chi connectivity index (χ1) is 28.6. The van der Waals surface area contributed by atoms with Crippen LogP contribution in [0.5, 0.6) is 34.5 Å². The fraction of sp³-hybridized carbons (Fsp3) is 0. The molecule has 0 saturated heterocycles. The maximum absolute atomic E-state index is 13.9. The molecule has 7 rings (SSSR count). The van der Waals surface area contributed by atoms with Crippen molar-refractivity contribution in [3.05, 3.63) is 164 Å². The molecular formula is C42H18I6O12. The van der Waals surface area contributed by atoms with Gasteiger partial charge >= 0.3 is 35.8 Å². The summed E-state index contributed by atoms with van der Waals surface area (Å²) in [6.45, 7) is 0. The van der Waals surface area contributed by atoms with Crippen LogP contribution in [0.4, 0.5) is 0 Å². The van der Waals surface area contributed by atoms with Crippen molar-refractivity contribution < 1.29 is 57.2 Å². The third-order valence-corrected chi connectivity index (χ3v) is 12.2. The molecule has 1 heterocycles. The molecule has 6 aromatic carbocycles. The highest BCUT2D eigenvalue weighted by atomic mass is 127. The predicted molar refractivity (Wildman–Crippen MR) is 265 cm³/mol. The highest BCUT2D eigenvalue weighted by Gasteiger charge is 2.29.